The lowest BCUT2D eigenvalue weighted by Crippen LogP contribution is -2.29. The van der Waals surface area contributed by atoms with Crippen LogP contribution in [-0.4, -0.2) is 37.8 Å². The molecule has 0 aliphatic carbocycles. The first-order valence-corrected chi connectivity index (χ1v) is 7.59. The van der Waals surface area contributed by atoms with Gasteiger partial charge in [-0.15, -0.1) is 0 Å². The van der Waals surface area contributed by atoms with Crippen LogP contribution in [0, 0.1) is 10.1 Å². The fourth-order valence-electron chi connectivity index (χ4n) is 2.13. The van der Waals surface area contributed by atoms with Gasteiger partial charge in [0.25, 0.3) is 5.69 Å². The van der Waals surface area contributed by atoms with E-state index >= 15 is 0 Å². The largest absolute Gasteiger partial charge is 0.477 e. The fourth-order valence-corrected chi connectivity index (χ4v) is 3.43. The van der Waals surface area contributed by atoms with Crippen LogP contribution >= 0.6 is 0 Å². The van der Waals surface area contributed by atoms with Gasteiger partial charge in [0.05, 0.1) is 4.92 Å². The number of nitrogens with one attached hydrogen (secondary N) is 1. The maximum absolute atomic E-state index is 11.3. The Kier molecular flexibility index (Phi) is 4.33. The number of benzene rings is 1. The van der Waals surface area contributed by atoms with Gasteiger partial charge in [0.2, 0.25) is 0 Å². The minimum absolute atomic E-state index is 0.121. The number of nitro benzene ring substituents is 1. The molecule has 2 N–H and O–H groups in total. The minimum atomic E-state index is -1.33. The predicted octanol–water partition coefficient (Wildman–Crippen LogP) is 1.62. The summed E-state index contributed by atoms with van der Waals surface area (Å²) < 4.78 is 11.3. The molecule has 0 bridgehead atoms. The number of nitrogens with zero attached hydrogens (tertiary/aromatic N) is 1. The highest BCUT2D eigenvalue weighted by molar-refractivity contribution is 7.85. The number of hydrogen-bond donors (Lipinski definition) is 2. The summed E-state index contributed by atoms with van der Waals surface area (Å²) in [6.07, 6.45) is 1.48. The van der Waals surface area contributed by atoms with Gasteiger partial charge in [-0.05, 0) is 25.0 Å². The van der Waals surface area contributed by atoms with Gasteiger partial charge < -0.3 is 10.4 Å². The Labute approximate surface area is 117 Å². The zero-order valence-corrected chi connectivity index (χ0v) is 11.4. The quantitative estimate of drug-likeness (QED) is 0.645. The van der Waals surface area contributed by atoms with Crippen LogP contribution in [-0.2, 0) is 10.8 Å². The summed E-state index contributed by atoms with van der Waals surface area (Å²) in [5.74, 6) is -0.0857. The van der Waals surface area contributed by atoms with Crippen LogP contribution in [0.3, 0.4) is 0 Å². The second kappa shape index (κ2) is 6.00. The Morgan fingerprint density at radius 3 is 2.60 bits per heavy atom. The van der Waals surface area contributed by atoms with E-state index in [1.165, 1.54) is 18.2 Å². The first-order chi connectivity index (χ1) is 9.47. The molecule has 0 aromatic heterocycles. The zero-order valence-electron chi connectivity index (χ0n) is 10.6. The second-order valence-electron chi connectivity index (χ2n) is 4.56. The number of rotatable bonds is 4. The lowest BCUT2D eigenvalue weighted by atomic mass is 10.1. The molecule has 1 saturated heterocycles. The van der Waals surface area contributed by atoms with Gasteiger partial charge in [-0.2, -0.15) is 0 Å². The molecule has 0 saturated carbocycles. The highest BCUT2D eigenvalue weighted by Gasteiger charge is 2.22. The molecule has 0 spiro atoms. The Morgan fingerprint density at radius 2 is 2.05 bits per heavy atom. The first kappa shape index (κ1) is 14.4. The SMILES string of the molecule is O=C(O)c1cc(NC2CCS(=O)CC2)ccc1[N+](=O)[O-]. The molecule has 108 valence electrons. The Morgan fingerprint density at radius 1 is 1.40 bits per heavy atom. The van der Waals surface area contributed by atoms with Gasteiger partial charge in [0.15, 0.2) is 0 Å². The van der Waals surface area contributed by atoms with Gasteiger partial charge in [-0.25, -0.2) is 4.79 Å². The van der Waals surface area contributed by atoms with Crippen molar-refractivity contribution >= 4 is 28.1 Å². The molecule has 1 aromatic carbocycles. The van der Waals surface area contributed by atoms with Crippen LogP contribution < -0.4 is 5.32 Å². The molecule has 1 aromatic rings. The van der Waals surface area contributed by atoms with Crippen LogP contribution in [0.25, 0.3) is 0 Å². The Hall–Kier alpha value is -1.96. The van der Waals surface area contributed by atoms with Crippen molar-refractivity contribution in [2.75, 3.05) is 16.8 Å². The average Bonchev–Trinajstić information content (AvgIpc) is 2.41. The number of carboxylic acid groups (broad SMARTS) is 1. The van der Waals surface area contributed by atoms with Crippen molar-refractivity contribution in [1.82, 2.24) is 0 Å². The molecule has 1 heterocycles. The number of carbonyl (C=O) groups is 1. The molecule has 2 rings (SSSR count). The van der Waals surface area contributed by atoms with Crippen LogP contribution in [0.4, 0.5) is 11.4 Å². The van der Waals surface area contributed by atoms with Crippen LogP contribution in [0.2, 0.25) is 0 Å². The van der Waals surface area contributed by atoms with E-state index in [4.69, 9.17) is 5.11 Å². The zero-order chi connectivity index (χ0) is 14.7. The highest BCUT2D eigenvalue weighted by atomic mass is 32.2. The smallest absolute Gasteiger partial charge is 0.342 e. The minimum Gasteiger partial charge on any atom is -0.477 e. The number of hydrogen-bond acceptors (Lipinski definition) is 5. The first-order valence-electron chi connectivity index (χ1n) is 6.10. The fraction of sp³-hybridized carbons (Fsp3) is 0.417. The van der Waals surface area contributed by atoms with Crippen molar-refractivity contribution in [2.24, 2.45) is 0 Å². The van der Waals surface area contributed by atoms with Gasteiger partial charge in [0, 0.05) is 40.1 Å². The maximum atomic E-state index is 11.3. The lowest BCUT2D eigenvalue weighted by Gasteiger charge is -2.23. The molecule has 20 heavy (non-hydrogen) atoms. The summed E-state index contributed by atoms with van der Waals surface area (Å²) in [6, 6.07) is 4.07. The summed E-state index contributed by atoms with van der Waals surface area (Å²) >= 11 is 0. The van der Waals surface area contributed by atoms with Crippen molar-refractivity contribution in [3.63, 3.8) is 0 Å². The molecule has 1 aliphatic heterocycles. The third-order valence-electron chi connectivity index (χ3n) is 3.18. The van der Waals surface area contributed by atoms with Gasteiger partial charge in [-0.3, -0.25) is 14.3 Å². The van der Waals surface area contributed by atoms with E-state index in [0.29, 0.717) is 17.2 Å². The number of aromatic carboxylic acids is 1. The van der Waals surface area contributed by atoms with Crippen molar-refractivity contribution in [3.8, 4) is 0 Å². The number of nitro groups is 1. The summed E-state index contributed by atoms with van der Waals surface area (Å²) in [5, 5.41) is 22.9. The molecular formula is C12H14N2O5S. The molecule has 0 atom stereocenters. The molecule has 0 radical (unpaired) electrons. The maximum Gasteiger partial charge on any atom is 0.342 e. The highest BCUT2D eigenvalue weighted by Crippen LogP contribution is 2.24. The average molecular weight is 298 g/mol. The van der Waals surface area contributed by atoms with Gasteiger partial charge in [0.1, 0.15) is 5.56 Å². The molecule has 7 nitrogen and oxygen atoms in total. The lowest BCUT2D eigenvalue weighted by molar-refractivity contribution is -0.385. The van der Waals surface area contributed by atoms with Crippen molar-refractivity contribution in [1.29, 1.82) is 0 Å². The van der Waals surface area contributed by atoms with Crippen LogP contribution in [0.15, 0.2) is 18.2 Å². The van der Waals surface area contributed by atoms with E-state index in [0.717, 1.165) is 12.8 Å². The van der Waals surface area contributed by atoms with E-state index in [1.54, 1.807) is 0 Å². The van der Waals surface area contributed by atoms with Crippen LogP contribution in [0.1, 0.15) is 23.2 Å². The van der Waals surface area contributed by atoms with Crippen LogP contribution in [0.5, 0.6) is 0 Å². The molecule has 0 unspecified atom stereocenters. The van der Waals surface area contributed by atoms with E-state index in [-0.39, 0.29) is 11.6 Å². The summed E-state index contributed by atoms with van der Waals surface area (Å²) in [7, 11) is -0.764. The normalized spacial score (nSPS) is 22.2. The van der Waals surface area contributed by atoms with E-state index < -0.39 is 27.4 Å². The van der Waals surface area contributed by atoms with Crippen molar-refractivity contribution < 1.29 is 19.0 Å². The predicted molar refractivity (Wildman–Crippen MR) is 74.6 cm³/mol. The third-order valence-corrected chi connectivity index (χ3v) is 4.56. The summed E-state index contributed by atoms with van der Waals surface area (Å²) in [6.45, 7) is 0. The summed E-state index contributed by atoms with van der Waals surface area (Å²) in [4.78, 5) is 21.1. The summed E-state index contributed by atoms with van der Waals surface area (Å²) in [5.41, 5.74) is -0.224. The molecule has 1 fully saturated rings. The Balaban J connectivity index is 2.17. The Bertz CT molecular complexity index is 565. The van der Waals surface area contributed by atoms with E-state index in [9.17, 15) is 19.1 Å². The van der Waals surface area contributed by atoms with Crippen molar-refractivity contribution in [3.05, 3.63) is 33.9 Å². The topological polar surface area (TPSA) is 110 Å². The third kappa shape index (κ3) is 3.32. The second-order valence-corrected chi connectivity index (χ2v) is 6.26. The molecule has 1 aliphatic rings. The standard InChI is InChI=1S/C12H14N2O5S/c15-12(16)10-7-9(1-2-11(10)14(17)18)13-8-3-5-20(19)6-4-8/h1-2,7-8,13H,3-6H2,(H,15,16). The van der Waals surface area contributed by atoms with E-state index in [1.807, 2.05) is 0 Å². The molecular weight excluding hydrogens is 284 g/mol. The molecule has 0 amide bonds. The van der Waals surface area contributed by atoms with Crippen molar-refractivity contribution in [2.45, 2.75) is 18.9 Å². The number of carboxylic acids is 1. The van der Waals surface area contributed by atoms with E-state index in [2.05, 4.69) is 5.32 Å². The monoisotopic (exact) mass is 298 g/mol. The number of anilines is 1. The molecule has 8 heteroatoms. The van der Waals surface area contributed by atoms with Gasteiger partial charge in [-0.1, -0.05) is 0 Å². The van der Waals surface area contributed by atoms with Gasteiger partial charge >= 0.3 is 5.97 Å².